The average Bonchev–Trinajstić information content (AvgIpc) is 3.00. The van der Waals surface area contributed by atoms with Gasteiger partial charge in [0.2, 0.25) is 0 Å². The number of aryl methyl sites for hydroxylation is 1. The number of thiophene rings is 1. The van der Waals surface area contributed by atoms with E-state index >= 15 is 0 Å². The van der Waals surface area contributed by atoms with Crippen molar-refractivity contribution < 1.29 is 0 Å². The first-order valence-electron chi connectivity index (χ1n) is 7.49. The molecule has 0 saturated carbocycles. The van der Waals surface area contributed by atoms with Gasteiger partial charge in [-0.1, -0.05) is 24.3 Å². The summed E-state index contributed by atoms with van der Waals surface area (Å²) in [6, 6.07) is 14.1. The maximum Gasteiger partial charge on any atom is 0.0421 e. The number of hydrogen-bond acceptors (Lipinski definition) is 3. The first kappa shape index (κ1) is 12.4. The summed E-state index contributed by atoms with van der Waals surface area (Å²) >= 11 is 1.88. The van der Waals surface area contributed by atoms with Gasteiger partial charge in [-0.15, -0.1) is 11.3 Å². The Kier molecular flexibility index (Phi) is 3.25. The number of piperazine rings is 1. The average molecular weight is 284 g/mol. The van der Waals surface area contributed by atoms with Crippen molar-refractivity contribution in [3.8, 4) is 0 Å². The highest BCUT2D eigenvalue weighted by Gasteiger charge is 2.31. The molecule has 4 rings (SSSR count). The summed E-state index contributed by atoms with van der Waals surface area (Å²) in [5.41, 5.74) is 3.02. The van der Waals surface area contributed by atoms with Crippen LogP contribution in [0.4, 0.5) is 5.69 Å². The highest BCUT2D eigenvalue weighted by atomic mass is 32.1. The molecular formula is C17H20N2S. The third kappa shape index (κ3) is 2.25. The van der Waals surface area contributed by atoms with E-state index < -0.39 is 0 Å². The summed E-state index contributed by atoms with van der Waals surface area (Å²) in [7, 11) is 0. The van der Waals surface area contributed by atoms with Gasteiger partial charge in [0.25, 0.3) is 0 Å². The molecular weight excluding hydrogens is 264 g/mol. The van der Waals surface area contributed by atoms with Crippen LogP contribution in [0.2, 0.25) is 0 Å². The third-order valence-corrected chi connectivity index (χ3v) is 5.44. The fourth-order valence-corrected chi connectivity index (χ4v) is 4.32. The molecule has 1 aromatic heterocycles. The van der Waals surface area contributed by atoms with E-state index in [2.05, 4.69) is 51.6 Å². The molecule has 1 saturated heterocycles. The first-order chi connectivity index (χ1) is 9.90. The van der Waals surface area contributed by atoms with Crippen molar-refractivity contribution in [3.63, 3.8) is 0 Å². The minimum Gasteiger partial charge on any atom is -0.366 e. The predicted octanol–water partition coefficient (Wildman–Crippen LogP) is 3.39. The Morgan fingerprint density at radius 1 is 1.10 bits per heavy atom. The van der Waals surface area contributed by atoms with Gasteiger partial charge in [0.15, 0.2) is 0 Å². The Bertz CT molecular complexity index is 578. The van der Waals surface area contributed by atoms with Crippen molar-refractivity contribution >= 4 is 17.0 Å². The fraction of sp³-hybridized carbons (Fsp3) is 0.412. The largest absolute Gasteiger partial charge is 0.366 e. The molecule has 0 spiro atoms. The Hall–Kier alpha value is -1.32. The second kappa shape index (κ2) is 5.23. The van der Waals surface area contributed by atoms with Gasteiger partial charge in [-0.3, -0.25) is 4.90 Å². The summed E-state index contributed by atoms with van der Waals surface area (Å²) in [5.74, 6) is 0. The van der Waals surface area contributed by atoms with E-state index in [1.165, 1.54) is 48.6 Å². The van der Waals surface area contributed by atoms with E-state index in [0.717, 1.165) is 6.54 Å². The lowest BCUT2D eigenvalue weighted by atomic mass is 9.94. The van der Waals surface area contributed by atoms with Crippen LogP contribution in [0, 0.1) is 0 Å². The van der Waals surface area contributed by atoms with Crippen molar-refractivity contribution in [1.29, 1.82) is 0 Å². The topological polar surface area (TPSA) is 6.48 Å². The Morgan fingerprint density at radius 2 is 2.05 bits per heavy atom. The molecule has 3 heteroatoms. The molecule has 1 atom stereocenters. The van der Waals surface area contributed by atoms with E-state index in [1.54, 1.807) is 0 Å². The number of para-hydroxylation sites is 1. The number of nitrogens with zero attached hydrogens (tertiary/aromatic N) is 2. The van der Waals surface area contributed by atoms with Gasteiger partial charge in [0.1, 0.15) is 0 Å². The van der Waals surface area contributed by atoms with Crippen molar-refractivity contribution in [2.75, 3.05) is 24.5 Å². The molecule has 2 aliphatic rings. The van der Waals surface area contributed by atoms with E-state index in [9.17, 15) is 0 Å². The molecule has 1 aromatic carbocycles. The zero-order valence-electron chi connectivity index (χ0n) is 11.7. The van der Waals surface area contributed by atoms with Gasteiger partial charge < -0.3 is 4.90 Å². The summed E-state index contributed by atoms with van der Waals surface area (Å²) in [4.78, 5) is 6.76. The fourth-order valence-electron chi connectivity index (χ4n) is 3.57. The quantitative estimate of drug-likeness (QED) is 0.834. The molecule has 104 valence electrons. The minimum atomic E-state index is 0.707. The molecule has 3 heterocycles. The molecule has 0 bridgehead atoms. The van der Waals surface area contributed by atoms with E-state index in [4.69, 9.17) is 0 Å². The maximum absolute atomic E-state index is 2.64. The molecule has 0 amide bonds. The number of anilines is 1. The lowest BCUT2D eigenvalue weighted by Gasteiger charge is -2.46. The first-order valence-corrected chi connectivity index (χ1v) is 8.37. The van der Waals surface area contributed by atoms with Gasteiger partial charge in [-0.05, 0) is 35.9 Å². The summed E-state index contributed by atoms with van der Waals surface area (Å²) in [5, 5.41) is 2.18. The monoisotopic (exact) mass is 284 g/mol. The summed E-state index contributed by atoms with van der Waals surface area (Å²) in [6.07, 6.45) is 2.54. The van der Waals surface area contributed by atoms with Crippen LogP contribution in [0.3, 0.4) is 0 Å². The SMILES string of the molecule is c1csc(CN2CCN3c4ccccc4CCC3C2)c1. The van der Waals surface area contributed by atoms with Crippen molar-refractivity contribution in [3.05, 3.63) is 52.2 Å². The van der Waals surface area contributed by atoms with Crippen LogP contribution in [-0.4, -0.2) is 30.6 Å². The minimum absolute atomic E-state index is 0.707. The highest BCUT2D eigenvalue weighted by molar-refractivity contribution is 7.09. The van der Waals surface area contributed by atoms with E-state index in [-0.39, 0.29) is 0 Å². The molecule has 1 fully saturated rings. The molecule has 0 radical (unpaired) electrons. The molecule has 0 N–H and O–H groups in total. The lowest BCUT2D eigenvalue weighted by Crippen LogP contribution is -2.54. The number of benzene rings is 1. The molecule has 1 unspecified atom stereocenters. The van der Waals surface area contributed by atoms with Gasteiger partial charge in [0, 0.05) is 42.8 Å². The smallest absolute Gasteiger partial charge is 0.0421 e. The Balaban J connectivity index is 1.49. The number of fused-ring (bicyclic) bond motifs is 3. The maximum atomic E-state index is 2.64. The Morgan fingerprint density at radius 3 is 2.95 bits per heavy atom. The van der Waals surface area contributed by atoms with Crippen LogP contribution in [0.1, 0.15) is 16.9 Å². The molecule has 2 aliphatic heterocycles. The second-order valence-electron chi connectivity index (χ2n) is 5.83. The molecule has 2 aromatic rings. The van der Waals surface area contributed by atoms with Crippen molar-refractivity contribution in [2.45, 2.75) is 25.4 Å². The number of hydrogen-bond donors (Lipinski definition) is 0. The lowest BCUT2D eigenvalue weighted by molar-refractivity contribution is 0.208. The van der Waals surface area contributed by atoms with Crippen LogP contribution < -0.4 is 4.90 Å². The molecule has 2 nitrogen and oxygen atoms in total. The zero-order valence-corrected chi connectivity index (χ0v) is 12.5. The van der Waals surface area contributed by atoms with Gasteiger partial charge in [0.05, 0.1) is 0 Å². The third-order valence-electron chi connectivity index (χ3n) is 4.57. The van der Waals surface area contributed by atoms with Crippen LogP contribution >= 0.6 is 11.3 Å². The van der Waals surface area contributed by atoms with Gasteiger partial charge in [-0.2, -0.15) is 0 Å². The van der Waals surface area contributed by atoms with E-state index in [0.29, 0.717) is 6.04 Å². The van der Waals surface area contributed by atoms with Crippen LogP contribution in [-0.2, 0) is 13.0 Å². The second-order valence-corrected chi connectivity index (χ2v) is 6.86. The highest BCUT2D eigenvalue weighted by Crippen LogP contribution is 2.32. The summed E-state index contributed by atoms with van der Waals surface area (Å²) < 4.78 is 0. The summed E-state index contributed by atoms with van der Waals surface area (Å²) in [6.45, 7) is 4.70. The standard InChI is InChI=1S/C17H20N2S/c1-2-6-17-14(4-1)7-8-15-12-18(9-10-19(15)17)13-16-5-3-11-20-16/h1-6,11,15H,7-10,12-13H2. The van der Waals surface area contributed by atoms with Crippen LogP contribution in [0.25, 0.3) is 0 Å². The van der Waals surface area contributed by atoms with Gasteiger partial charge >= 0.3 is 0 Å². The van der Waals surface area contributed by atoms with Crippen LogP contribution in [0.5, 0.6) is 0 Å². The molecule has 0 aliphatic carbocycles. The van der Waals surface area contributed by atoms with Crippen molar-refractivity contribution in [2.24, 2.45) is 0 Å². The zero-order chi connectivity index (χ0) is 13.4. The Labute approximate surface area is 124 Å². The van der Waals surface area contributed by atoms with Gasteiger partial charge in [-0.25, -0.2) is 0 Å². The van der Waals surface area contributed by atoms with E-state index in [1.807, 2.05) is 11.3 Å². The van der Waals surface area contributed by atoms with Crippen LogP contribution in [0.15, 0.2) is 41.8 Å². The van der Waals surface area contributed by atoms with Crippen molar-refractivity contribution in [1.82, 2.24) is 4.90 Å². The predicted molar refractivity (Wildman–Crippen MR) is 85.5 cm³/mol. The number of rotatable bonds is 2. The molecule has 20 heavy (non-hydrogen) atoms. The normalized spacial score (nSPS) is 22.4.